The Morgan fingerprint density at radius 3 is 2.55 bits per heavy atom. The molecule has 0 saturated carbocycles. The molecule has 4 rings (SSSR count). The lowest BCUT2D eigenvalue weighted by atomic mass is 10.2. The van der Waals surface area contributed by atoms with Crippen LogP contribution in [-0.2, 0) is 0 Å². The van der Waals surface area contributed by atoms with Gasteiger partial charge in [-0.05, 0) is 38.1 Å². The number of thiazole rings is 1. The quantitative estimate of drug-likeness (QED) is 0.378. The average molecular weight is 421 g/mol. The van der Waals surface area contributed by atoms with Crippen molar-refractivity contribution in [2.24, 2.45) is 0 Å². The third-order valence-electron chi connectivity index (χ3n) is 4.23. The lowest BCUT2D eigenvalue weighted by Crippen LogP contribution is -2.00. The molecule has 0 aliphatic heterocycles. The van der Waals surface area contributed by atoms with E-state index in [4.69, 9.17) is 15.5 Å². The number of aryl methyl sites for hydroxylation is 1. The van der Waals surface area contributed by atoms with E-state index in [0.717, 1.165) is 26.9 Å². The molecule has 4 aromatic rings. The van der Waals surface area contributed by atoms with Crippen LogP contribution in [0.15, 0.2) is 71.2 Å². The van der Waals surface area contributed by atoms with E-state index in [9.17, 15) is 0 Å². The number of rotatable bonds is 6. The monoisotopic (exact) mass is 420 g/mol. The number of aromatic nitrogens is 3. The van der Waals surface area contributed by atoms with Gasteiger partial charge in [0.15, 0.2) is 11.6 Å². The van der Waals surface area contributed by atoms with Crippen molar-refractivity contribution in [1.29, 1.82) is 0 Å². The van der Waals surface area contributed by atoms with Gasteiger partial charge in [0.1, 0.15) is 10.8 Å². The highest BCUT2D eigenvalue weighted by Gasteiger charge is 2.22. The summed E-state index contributed by atoms with van der Waals surface area (Å²) in [6.45, 7) is 4.10. The largest absolute Gasteiger partial charge is 0.453 e. The average Bonchev–Trinajstić information content (AvgIpc) is 3.17. The van der Waals surface area contributed by atoms with Crippen LogP contribution in [-0.4, -0.2) is 15.0 Å². The van der Waals surface area contributed by atoms with Crippen molar-refractivity contribution in [3.8, 4) is 22.1 Å². The van der Waals surface area contributed by atoms with Gasteiger partial charge in [-0.2, -0.15) is 0 Å². The van der Waals surface area contributed by atoms with Crippen LogP contribution in [0.4, 0.5) is 5.82 Å². The zero-order chi connectivity index (χ0) is 20.2. The van der Waals surface area contributed by atoms with Crippen LogP contribution in [0.25, 0.3) is 10.6 Å². The molecular formula is C22H20N4OS2. The molecule has 1 atom stereocenters. The normalized spacial score (nSPS) is 11.9. The molecule has 5 nitrogen and oxygen atoms in total. The maximum absolute atomic E-state index is 6.24. The summed E-state index contributed by atoms with van der Waals surface area (Å²) in [6.07, 6.45) is 3.60. The highest BCUT2D eigenvalue weighted by molar-refractivity contribution is 7.99. The second-order valence-electron chi connectivity index (χ2n) is 6.44. The van der Waals surface area contributed by atoms with E-state index >= 15 is 0 Å². The van der Waals surface area contributed by atoms with Crippen molar-refractivity contribution in [3.63, 3.8) is 0 Å². The third-order valence-corrected chi connectivity index (χ3v) is 6.37. The second-order valence-corrected chi connectivity index (χ2v) is 8.68. The Labute approximate surface area is 178 Å². The van der Waals surface area contributed by atoms with Gasteiger partial charge in [-0.1, -0.05) is 24.3 Å². The summed E-state index contributed by atoms with van der Waals surface area (Å²) in [4.78, 5) is 14.5. The van der Waals surface area contributed by atoms with E-state index in [-0.39, 0.29) is 5.25 Å². The van der Waals surface area contributed by atoms with Crippen molar-refractivity contribution in [2.45, 2.75) is 24.0 Å². The van der Waals surface area contributed by atoms with Crippen LogP contribution in [0, 0.1) is 6.92 Å². The lowest BCUT2D eigenvalue weighted by Gasteiger charge is -2.17. The zero-order valence-electron chi connectivity index (χ0n) is 16.1. The van der Waals surface area contributed by atoms with E-state index in [1.807, 2.05) is 67.0 Å². The molecule has 0 aliphatic carbocycles. The molecule has 0 bridgehead atoms. The predicted octanol–water partition coefficient (Wildman–Crippen LogP) is 6.14. The smallest absolute Gasteiger partial charge is 0.180 e. The van der Waals surface area contributed by atoms with Crippen molar-refractivity contribution >= 4 is 28.9 Å². The molecule has 0 amide bonds. The molecule has 0 saturated heterocycles. The maximum atomic E-state index is 6.24. The van der Waals surface area contributed by atoms with Gasteiger partial charge in [0.25, 0.3) is 0 Å². The van der Waals surface area contributed by atoms with Crippen LogP contribution >= 0.6 is 23.1 Å². The predicted molar refractivity (Wildman–Crippen MR) is 120 cm³/mol. The molecule has 146 valence electrons. The molecule has 3 heterocycles. The number of pyridine rings is 2. The molecule has 0 aliphatic rings. The number of benzene rings is 1. The van der Waals surface area contributed by atoms with Gasteiger partial charge in [0.05, 0.1) is 11.3 Å². The number of hydrogen-bond donors (Lipinski definition) is 1. The minimum atomic E-state index is 0.131. The minimum absolute atomic E-state index is 0.131. The van der Waals surface area contributed by atoms with E-state index in [1.54, 1.807) is 29.3 Å². The highest BCUT2D eigenvalue weighted by Crippen LogP contribution is 2.47. The Morgan fingerprint density at radius 1 is 1.07 bits per heavy atom. The van der Waals surface area contributed by atoms with E-state index in [1.165, 1.54) is 0 Å². The lowest BCUT2D eigenvalue weighted by molar-refractivity contribution is 0.483. The van der Waals surface area contributed by atoms with Gasteiger partial charge in [-0.3, -0.25) is 4.98 Å². The van der Waals surface area contributed by atoms with Crippen LogP contribution in [0.3, 0.4) is 0 Å². The number of ether oxygens (including phenoxy) is 1. The summed E-state index contributed by atoms with van der Waals surface area (Å²) in [5.74, 6) is 1.57. The maximum Gasteiger partial charge on any atom is 0.180 e. The first-order valence-electron chi connectivity index (χ1n) is 9.13. The zero-order valence-corrected chi connectivity index (χ0v) is 17.7. The second kappa shape index (κ2) is 8.63. The number of anilines is 1. The summed E-state index contributed by atoms with van der Waals surface area (Å²) < 4.78 is 6.18. The molecule has 7 heteroatoms. The summed E-state index contributed by atoms with van der Waals surface area (Å²) >= 11 is 3.24. The summed E-state index contributed by atoms with van der Waals surface area (Å²) in [5, 5.41) is 3.01. The van der Waals surface area contributed by atoms with Gasteiger partial charge in [0.2, 0.25) is 0 Å². The highest BCUT2D eigenvalue weighted by atomic mass is 32.2. The number of nitrogens with two attached hydrogens (primary N) is 1. The van der Waals surface area contributed by atoms with Gasteiger partial charge >= 0.3 is 0 Å². The standard InChI is InChI=1S/C22H20N4OS2/c1-14-13-28-22(26-14)19-18(29-15(2)17-10-6-7-11-24-17)12-25-21(23)20(19)27-16-8-4-3-5-9-16/h3-13,15H,1-2H3,(H2,23,25). The van der Waals surface area contributed by atoms with Crippen LogP contribution < -0.4 is 10.5 Å². The Balaban J connectivity index is 1.79. The first-order chi connectivity index (χ1) is 14.1. The van der Waals surface area contributed by atoms with Crippen molar-refractivity contribution in [2.75, 3.05) is 5.73 Å². The number of para-hydroxylation sites is 1. The molecular weight excluding hydrogens is 400 g/mol. The fraction of sp³-hybridized carbons (Fsp3) is 0.136. The van der Waals surface area contributed by atoms with Crippen LogP contribution in [0.1, 0.15) is 23.6 Å². The molecule has 0 spiro atoms. The number of thioether (sulfide) groups is 1. The number of nitrogen functional groups attached to an aromatic ring is 1. The Hall–Kier alpha value is -2.90. The van der Waals surface area contributed by atoms with Crippen molar-refractivity contribution in [1.82, 2.24) is 15.0 Å². The Kier molecular flexibility index (Phi) is 5.78. The fourth-order valence-electron chi connectivity index (χ4n) is 2.83. The van der Waals surface area contributed by atoms with Gasteiger partial charge < -0.3 is 10.5 Å². The molecule has 0 radical (unpaired) electrons. The first-order valence-corrected chi connectivity index (χ1v) is 10.9. The van der Waals surface area contributed by atoms with E-state index in [2.05, 4.69) is 16.9 Å². The van der Waals surface area contributed by atoms with Gasteiger partial charge in [-0.15, -0.1) is 23.1 Å². The Morgan fingerprint density at radius 2 is 1.86 bits per heavy atom. The van der Waals surface area contributed by atoms with Crippen molar-refractivity contribution in [3.05, 3.63) is 77.7 Å². The molecule has 1 unspecified atom stereocenters. The van der Waals surface area contributed by atoms with E-state index in [0.29, 0.717) is 17.3 Å². The van der Waals surface area contributed by atoms with Gasteiger partial charge in [0, 0.05) is 33.6 Å². The van der Waals surface area contributed by atoms with Crippen LogP contribution in [0.5, 0.6) is 11.5 Å². The minimum Gasteiger partial charge on any atom is -0.453 e. The first kappa shape index (κ1) is 19.4. The molecule has 29 heavy (non-hydrogen) atoms. The summed E-state index contributed by atoms with van der Waals surface area (Å²) in [6, 6.07) is 15.5. The van der Waals surface area contributed by atoms with E-state index < -0.39 is 0 Å². The number of hydrogen-bond acceptors (Lipinski definition) is 7. The molecule has 3 aromatic heterocycles. The molecule has 2 N–H and O–H groups in total. The fourth-order valence-corrected chi connectivity index (χ4v) is 4.81. The summed E-state index contributed by atoms with van der Waals surface area (Å²) in [5.41, 5.74) is 9.07. The molecule has 1 aromatic carbocycles. The Bertz CT molecular complexity index is 1100. The van der Waals surface area contributed by atoms with Crippen molar-refractivity contribution < 1.29 is 4.74 Å². The van der Waals surface area contributed by atoms with Gasteiger partial charge in [-0.25, -0.2) is 9.97 Å². The summed E-state index contributed by atoms with van der Waals surface area (Å²) in [7, 11) is 0. The third kappa shape index (κ3) is 4.41. The number of nitrogens with zero attached hydrogens (tertiary/aromatic N) is 3. The van der Waals surface area contributed by atoms with Crippen LogP contribution in [0.2, 0.25) is 0 Å². The molecule has 0 fully saturated rings. The topological polar surface area (TPSA) is 73.9 Å². The SMILES string of the molecule is Cc1csc(-c2c(SC(C)c3ccccn3)cnc(N)c2Oc2ccccc2)n1.